The lowest BCUT2D eigenvalue weighted by Crippen LogP contribution is -2.57. The van der Waals surface area contributed by atoms with Gasteiger partial charge in [-0.25, -0.2) is 0 Å². The fourth-order valence-corrected chi connectivity index (χ4v) is 4.39. The van der Waals surface area contributed by atoms with Gasteiger partial charge < -0.3 is 10.1 Å². The standard InChI is InChI=1S/C17H21NO/c1-17-6-5-11-7-15(17)16(18-10-11)8-12-3-4-13(19-2)9-14(12)17/h3-6,9,11,15-16,18H,7-8,10H2,1-2H3/t11?,15?,16?,17-/m1/s1. The summed E-state index contributed by atoms with van der Waals surface area (Å²) < 4.78 is 5.43. The van der Waals surface area contributed by atoms with Gasteiger partial charge in [0.25, 0.3) is 0 Å². The minimum atomic E-state index is 0.177. The van der Waals surface area contributed by atoms with Crippen molar-refractivity contribution in [2.75, 3.05) is 13.7 Å². The smallest absolute Gasteiger partial charge is 0.119 e. The van der Waals surface area contributed by atoms with Gasteiger partial charge in [0, 0.05) is 18.0 Å². The first kappa shape index (κ1) is 11.5. The minimum absolute atomic E-state index is 0.177. The second-order valence-corrected chi connectivity index (χ2v) is 6.49. The monoisotopic (exact) mass is 255 g/mol. The van der Waals surface area contributed by atoms with Gasteiger partial charge in [-0.05, 0) is 47.9 Å². The molecule has 0 amide bonds. The molecule has 0 saturated carbocycles. The Morgan fingerprint density at radius 1 is 1.37 bits per heavy atom. The van der Waals surface area contributed by atoms with E-state index in [0.29, 0.717) is 6.04 Å². The van der Waals surface area contributed by atoms with E-state index < -0.39 is 0 Å². The van der Waals surface area contributed by atoms with E-state index in [-0.39, 0.29) is 5.41 Å². The van der Waals surface area contributed by atoms with Gasteiger partial charge in [-0.1, -0.05) is 25.1 Å². The van der Waals surface area contributed by atoms with Crippen LogP contribution in [0, 0.1) is 11.8 Å². The molecule has 1 aromatic rings. The SMILES string of the molecule is COc1ccc2c(c1)[C@@]1(C)C=CC3CNC(C2)C1C3. The van der Waals surface area contributed by atoms with E-state index in [1.807, 2.05) is 0 Å². The van der Waals surface area contributed by atoms with Crippen LogP contribution in [0.4, 0.5) is 0 Å². The number of benzene rings is 1. The Morgan fingerprint density at radius 2 is 2.26 bits per heavy atom. The van der Waals surface area contributed by atoms with Crippen molar-refractivity contribution in [1.82, 2.24) is 5.32 Å². The molecule has 3 aliphatic rings. The summed E-state index contributed by atoms with van der Waals surface area (Å²) in [4.78, 5) is 0. The van der Waals surface area contributed by atoms with Gasteiger partial charge in [0.2, 0.25) is 0 Å². The number of methoxy groups -OCH3 is 1. The molecule has 2 aliphatic carbocycles. The number of hydrogen-bond acceptors (Lipinski definition) is 2. The quantitative estimate of drug-likeness (QED) is 0.779. The van der Waals surface area contributed by atoms with Crippen LogP contribution >= 0.6 is 0 Å². The number of nitrogens with one attached hydrogen (secondary N) is 1. The third-order valence-electron chi connectivity index (χ3n) is 5.51. The molecule has 2 heteroatoms. The Balaban J connectivity index is 1.90. The zero-order valence-electron chi connectivity index (χ0n) is 11.6. The molecule has 19 heavy (non-hydrogen) atoms. The first-order valence-electron chi connectivity index (χ1n) is 7.31. The summed E-state index contributed by atoms with van der Waals surface area (Å²) in [6.07, 6.45) is 7.40. The molecule has 1 aliphatic heterocycles. The van der Waals surface area contributed by atoms with E-state index >= 15 is 0 Å². The van der Waals surface area contributed by atoms with Crippen molar-refractivity contribution >= 4 is 0 Å². The highest BCUT2D eigenvalue weighted by Gasteiger charge is 2.48. The molecule has 0 spiro atoms. The summed E-state index contributed by atoms with van der Waals surface area (Å²) in [6.45, 7) is 3.56. The fraction of sp³-hybridized carbons (Fsp3) is 0.529. The number of ether oxygens (including phenoxy) is 1. The summed E-state index contributed by atoms with van der Waals surface area (Å²) in [7, 11) is 1.75. The molecule has 1 fully saturated rings. The van der Waals surface area contributed by atoms with Crippen LogP contribution in [0.2, 0.25) is 0 Å². The van der Waals surface area contributed by atoms with Crippen molar-refractivity contribution in [2.45, 2.75) is 31.2 Å². The largest absolute Gasteiger partial charge is 0.497 e. The molecular weight excluding hydrogens is 234 g/mol. The van der Waals surface area contributed by atoms with E-state index in [0.717, 1.165) is 24.1 Å². The van der Waals surface area contributed by atoms with Crippen LogP contribution in [-0.4, -0.2) is 19.7 Å². The third-order valence-corrected chi connectivity index (χ3v) is 5.51. The molecule has 4 atom stereocenters. The van der Waals surface area contributed by atoms with Gasteiger partial charge in [0.05, 0.1) is 7.11 Å². The number of allylic oxidation sites excluding steroid dienone is 1. The Hall–Kier alpha value is -1.28. The molecular formula is C17H21NO. The maximum absolute atomic E-state index is 5.43. The first-order chi connectivity index (χ1) is 9.20. The summed E-state index contributed by atoms with van der Waals surface area (Å²) in [6, 6.07) is 7.25. The molecule has 1 N–H and O–H groups in total. The zero-order chi connectivity index (χ0) is 13.0. The molecule has 3 unspecified atom stereocenters. The molecule has 4 rings (SSSR count). The molecule has 2 bridgehead atoms. The average molecular weight is 255 g/mol. The van der Waals surface area contributed by atoms with E-state index in [2.05, 4.69) is 42.6 Å². The van der Waals surface area contributed by atoms with Crippen LogP contribution in [-0.2, 0) is 11.8 Å². The number of piperidine rings is 1. The van der Waals surface area contributed by atoms with E-state index in [4.69, 9.17) is 4.74 Å². The van der Waals surface area contributed by atoms with Gasteiger partial charge in [0.1, 0.15) is 5.75 Å². The normalized spacial score (nSPS) is 38.7. The Kier molecular flexibility index (Phi) is 2.34. The molecule has 1 heterocycles. The maximum Gasteiger partial charge on any atom is 0.119 e. The first-order valence-corrected chi connectivity index (χ1v) is 7.31. The van der Waals surface area contributed by atoms with Crippen molar-refractivity contribution in [2.24, 2.45) is 11.8 Å². The van der Waals surface area contributed by atoms with E-state index in [1.165, 1.54) is 24.0 Å². The molecule has 2 nitrogen and oxygen atoms in total. The van der Waals surface area contributed by atoms with Gasteiger partial charge in [-0.3, -0.25) is 0 Å². The highest BCUT2D eigenvalue weighted by Crippen LogP contribution is 2.50. The molecule has 0 aromatic heterocycles. The van der Waals surface area contributed by atoms with Crippen LogP contribution < -0.4 is 10.1 Å². The summed E-state index contributed by atoms with van der Waals surface area (Å²) >= 11 is 0. The van der Waals surface area contributed by atoms with Gasteiger partial charge >= 0.3 is 0 Å². The van der Waals surface area contributed by atoms with E-state index in [1.54, 1.807) is 7.11 Å². The number of rotatable bonds is 1. The van der Waals surface area contributed by atoms with Gasteiger partial charge in [-0.2, -0.15) is 0 Å². The molecule has 1 aromatic carbocycles. The number of fused-ring (bicyclic) bond motifs is 3. The molecule has 0 radical (unpaired) electrons. The summed E-state index contributed by atoms with van der Waals surface area (Å²) in [5.74, 6) is 2.45. The number of hydrogen-bond donors (Lipinski definition) is 1. The zero-order valence-corrected chi connectivity index (χ0v) is 11.6. The lowest BCUT2D eigenvalue weighted by atomic mass is 9.56. The van der Waals surface area contributed by atoms with Crippen LogP contribution in [0.1, 0.15) is 24.5 Å². The highest BCUT2D eigenvalue weighted by molar-refractivity contribution is 5.47. The topological polar surface area (TPSA) is 21.3 Å². The summed E-state index contributed by atoms with van der Waals surface area (Å²) in [5, 5.41) is 3.76. The minimum Gasteiger partial charge on any atom is -0.497 e. The van der Waals surface area contributed by atoms with Crippen molar-refractivity contribution in [3.05, 3.63) is 41.5 Å². The predicted molar refractivity (Wildman–Crippen MR) is 76.6 cm³/mol. The maximum atomic E-state index is 5.43. The third kappa shape index (κ3) is 1.53. The van der Waals surface area contributed by atoms with Crippen molar-refractivity contribution < 1.29 is 4.74 Å². The Labute approximate surface area is 114 Å². The second kappa shape index (κ2) is 3.86. The Morgan fingerprint density at radius 3 is 3.11 bits per heavy atom. The Bertz CT molecular complexity index is 550. The van der Waals surface area contributed by atoms with Crippen LogP contribution in [0.5, 0.6) is 5.75 Å². The highest BCUT2D eigenvalue weighted by atomic mass is 16.5. The average Bonchev–Trinajstić information content (AvgIpc) is 2.46. The van der Waals surface area contributed by atoms with Gasteiger partial charge in [-0.15, -0.1) is 0 Å². The lowest BCUT2D eigenvalue weighted by Gasteiger charge is -2.52. The summed E-state index contributed by atoms with van der Waals surface area (Å²) in [5.41, 5.74) is 3.14. The fourth-order valence-electron chi connectivity index (χ4n) is 4.39. The van der Waals surface area contributed by atoms with Crippen LogP contribution in [0.15, 0.2) is 30.4 Å². The second-order valence-electron chi connectivity index (χ2n) is 6.49. The van der Waals surface area contributed by atoms with Crippen LogP contribution in [0.3, 0.4) is 0 Å². The lowest BCUT2D eigenvalue weighted by molar-refractivity contribution is 0.149. The predicted octanol–water partition coefficient (Wildman–Crippen LogP) is 2.67. The van der Waals surface area contributed by atoms with Crippen molar-refractivity contribution in [1.29, 1.82) is 0 Å². The van der Waals surface area contributed by atoms with Crippen molar-refractivity contribution in [3.8, 4) is 5.75 Å². The van der Waals surface area contributed by atoms with Crippen molar-refractivity contribution in [3.63, 3.8) is 0 Å². The molecule has 100 valence electrons. The van der Waals surface area contributed by atoms with E-state index in [9.17, 15) is 0 Å². The van der Waals surface area contributed by atoms with Crippen LogP contribution in [0.25, 0.3) is 0 Å². The molecule has 1 saturated heterocycles. The van der Waals surface area contributed by atoms with Gasteiger partial charge in [0.15, 0.2) is 0 Å².